The number of amides is 2. The Hall–Kier alpha value is -4.20. The third-order valence-electron chi connectivity index (χ3n) is 3.94. The lowest BCUT2D eigenvalue weighted by Crippen LogP contribution is -2.30. The molecule has 1 aromatic heterocycles. The number of nitro groups is 1. The summed E-state index contributed by atoms with van der Waals surface area (Å²) in [4.78, 5) is 35.5. The molecule has 0 unspecified atom stereocenters. The smallest absolute Gasteiger partial charge is 0.272 e. The molecule has 8 nitrogen and oxygen atoms in total. The Labute approximate surface area is 166 Å². The van der Waals surface area contributed by atoms with Crippen molar-refractivity contribution in [2.24, 2.45) is 0 Å². The van der Waals surface area contributed by atoms with Gasteiger partial charge in [0.05, 0.1) is 11.2 Å². The van der Waals surface area contributed by atoms with Gasteiger partial charge in [-0.1, -0.05) is 12.1 Å². The van der Waals surface area contributed by atoms with Gasteiger partial charge in [-0.3, -0.25) is 19.7 Å². The predicted molar refractivity (Wildman–Crippen MR) is 107 cm³/mol. The highest BCUT2D eigenvalue weighted by Crippen LogP contribution is 2.15. The van der Waals surface area contributed by atoms with Crippen LogP contribution in [0, 0.1) is 17.0 Å². The number of carbonyl (C=O) groups excluding carboxylic acids is 2. The average molecular weight is 391 g/mol. The minimum Gasteiger partial charge on any atom is -0.465 e. The van der Waals surface area contributed by atoms with Crippen LogP contribution in [0.2, 0.25) is 0 Å². The van der Waals surface area contributed by atoms with Gasteiger partial charge in [-0.25, -0.2) is 0 Å². The molecule has 1 heterocycles. The zero-order valence-electron chi connectivity index (χ0n) is 15.4. The summed E-state index contributed by atoms with van der Waals surface area (Å²) in [6, 6.07) is 15.6. The van der Waals surface area contributed by atoms with E-state index in [9.17, 15) is 19.7 Å². The van der Waals surface area contributed by atoms with Crippen LogP contribution >= 0.6 is 0 Å². The Bertz CT molecular complexity index is 1070. The summed E-state index contributed by atoms with van der Waals surface area (Å²) >= 11 is 0. The van der Waals surface area contributed by atoms with E-state index in [1.165, 1.54) is 36.6 Å². The summed E-state index contributed by atoms with van der Waals surface area (Å²) in [7, 11) is 0. The van der Waals surface area contributed by atoms with E-state index >= 15 is 0 Å². The molecule has 3 aromatic rings. The minimum atomic E-state index is -0.586. The lowest BCUT2D eigenvalue weighted by Gasteiger charge is -2.11. The van der Waals surface area contributed by atoms with Crippen molar-refractivity contribution in [1.29, 1.82) is 0 Å². The molecule has 8 heteroatoms. The number of nitro benzene ring substituents is 1. The molecule has 0 radical (unpaired) electrons. The van der Waals surface area contributed by atoms with Crippen molar-refractivity contribution < 1.29 is 18.9 Å². The lowest BCUT2D eigenvalue weighted by molar-refractivity contribution is -0.384. The van der Waals surface area contributed by atoms with Crippen molar-refractivity contribution in [3.63, 3.8) is 0 Å². The van der Waals surface area contributed by atoms with Gasteiger partial charge < -0.3 is 15.1 Å². The molecule has 29 heavy (non-hydrogen) atoms. The molecule has 0 saturated carbocycles. The first-order valence-corrected chi connectivity index (χ1v) is 8.61. The third kappa shape index (κ3) is 5.16. The summed E-state index contributed by atoms with van der Waals surface area (Å²) in [5, 5.41) is 16.0. The van der Waals surface area contributed by atoms with Gasteiger partial charge >= 0.3 is 0 Å². The molecule has 0 aliphatic heterocycles. The summed E-state index contributed by atoms with van der Waals surface area (Å²) in [6.45, 7) is 1.89. The Morgan fingerprint density at radius 1 is 1.07 bits per heavy atom. The van der Waals surface area contributed by atoms with Crippen LogP contribution in [-0.4, -0.2) is 16.7 Å². The van der Waals surface area contributed by atoms with E-state index in [-0.39, 0.29) is 16.9 Å². The second-order valence-electron chi connectivity index (χ2n) is 6.16. The molecule has 2 aromatic carbocycles. The molecule has 0 spiro atoms. The van der Waals surface area contributed by atoms with Gasteiger partial charge in [-0.05, 0) is 48.9 Å². The maximum absolute atomic E-state index is 12.7. The molecule has 146 valence electrons. The van der Waals surface area contributed by atoms with Crippen molar-refractivity contribution in [2.75, 3.05) is 5.32 Å². The molecule has 0 saturated heterocycles. The summed E-state index contributed by atoms with van der Waals surface area (Å²) < 4.78 is 5.23. The molecule has 0 bridgehead atoms. The second-order valence-corrected chi connectivity index (χ2v) is 6.16. The van der Waals surface area contributed by atoms with Gasteiger partial charge in [0.25, 0.3) is 17.5 Å². The van der Waals surface area contributed by atoms with Crippen molar-refractivity contribution in [2.45, 2.75) is 6.92 Å². The maximum Gasteiger partial charge on any atom is 0.272 e. The first-order valence-electron chi connectivity index (χ1n) is 8.61. The fraction of sp³-hybridized carbons (Fsp3) is 0.0476. The quantitative estimate of drug-likeness (QED) is 0.376. The third-order valence-corrected chi connectivity index (χ3v) is 3.94. The van der Waals surface area contributed by atoms with Crippen LogP contribution < -0.4 is 10.6 Å². The monoisotopic (exact) mass is 391 g/mol. The van der Waals surface area contributed by atoms with E-state index in [4.69, 9.17) is 4.42 Å². The number of benzene rings is 2. The zero-order chi connectivity index (χ0) is 20.8. The number of non-ortho nitro benzene ring substituents is 1. The number of hydrogen-bond donors (Lipinski definition) is 2. The number of anilines is 1. The van der Waals surface area contributed by atoms with Crippen molar-refractivity contribution >= 4 is 29.3 Å². The Morgan fingerprint density at radius 2 is 1.83 bits per heavy atom. The number of nitrogens with one attached hydrogen (secondary N) is 2. The number of rotatable bonds is 6. The summed E-state index contributed by atoms with van der Waals surface area (Å²) in [5.74, 6) is -0.747. The normalized spacial score (nSPS) is 11.0. The second kappa shape index (κ2) is 8.66. The maximum atomic E-state index is 12.7. The van der Waals surface area contributed by atoms with Gasteiger partial charge in [-0.2, -0.15) is 0 Å². The van der Waals surface area contributed by atoms with Crippen molar-refractivity contribution in [3.05, 3.63) is 99.6 Å². The Balaban J connectivity index is 1.82. The highest BCUT2D eigenvalue weighted by atomic mass is 16.6. The van der Waals surface area contributed by atoms with Gasteiger partial charge in [-0.15, -0.1) is 0 Å². The summed E-state index contributed by atoms with van der Waals surface area (Å²) in [6.07, 6.45) is 2.84. The van der Waals surface area contributed by atoms with Gasteiger partial charge in [0.1, 0.15) is 11.5 Å². The number of nitrogens with zero attached hydrogens (tertiary/aromatic N) is 1. The molecule has 2 amide bonds. The predicted octanol–water partition coefficient (Wildman–Crippen LogP) is 3.91. The fourth-order valence-electron chi connectivity index (χ4n) is 2.52. The molecular weight excluding hydrogens is 374 g/mol. The fourth-order valence-corrected chi connectivity index (χ4v) is 2.52. The van der Waals surface area contributed by atoms with Crippen LogP contribution in [0.1, 0.15) is 21.7 Å². The van der Waals surface area contributed by atoms with Crippen LogP contribution in [0.15, 0.2) is 77.0 Å². The first kappa shape index (κ1) is 19.6. The van der Waals surface area contributed by atoms with Gasteiger partial charge in [0, 0.05) is 29.5 Å². The van der Waals surface area contributed by atoms with Crippen LogP contribution in [0.4, 0.5) is 11.4 Å². The number of aryl methyl sites for hydroxylation is 1. The van der Waals surface area contributed by atoms with Crippen LogP contribution in [-0.2, 0) is 4.79 Å². The molecular formula is C21H17N3O5. The highest BCUT2D eigenvalue weighted by molar-refractivity contribution is 6.10. The minimum absolute atomic E-state index is 0.0372. The molecule has 0 atom stereocenters. The van der Waals surface area contributed by atoms with E-state index in [2.05, 4.69) is 10.6 Å². The molecule has 2 N–H and O–H groups in total. The van der Waals surface area contributed by atoms with E-state index in [0.717, 1.165) is 5.56 Å². The SMILES string of the molecule is Cc1cccc(NC(=O)/C(=C/c2ccco2)NC(=O)c2ccc([N+](=O)[O-])cc2)c1. The number of hydrogen-bond acceptors (Lipinski definition) is 5. The van der Waals surface area contributed by atoms with E-state index < -0.39 is 16.7 Å². The van der Waals surface area contributed by atoms with E-state index in [1.807, 2.05) is 13.0 Å². The Kier molecular flexibility index (Phi) is 5.84. The van der Waals surface area contributed by atoms with E-state index in [0.29, 0.717) is 11.4 Å². The molecule has 0 aliphatic rings. The molecule has 3 rings (SSSR count). The molecule has 0 fully saturated rings. The average Bonchev–Trinajstić information content (AvgIpc) is 3.20. The largest absolute Gasteiger partial charge is 0.465 e. The topological polar surface area (TPSA) is 114 Å². The first-order chi connectivity index (χ1) is 13.9. The van der Waals surface area contributed by atoms with Gasteiger partial charge in [0.2, 0.25) is 0 Å². The van der Waals surface area contributed by atoms with Crippen molar-refractivity contribution in [3.8, 4) is 0 Å². The van der Waals surface area contributed by atoms with Gasteiger partial charge in [0.15, 0.2) is 0 Å². The van der Waals surface area contributed by atoms with Crippen LogP contribution in [0.3, 0.4) is 0 Å². The lowest BCUT2D eigenvalue weighted by atomic mass is 10.2. The van der Waals surface area contributed by atoms with Crippen molar-refractivity contribution in [1.82, 2.24) is 5.32 Å². The summed E-state index contributed by atoms with van der Waals surface area (Å²) in [5.41, 5.74) is 1.54. The standard InChI is InChI=1S/C21H17N3O5/c1-14-4-2-5-16(12-14)22-21(26)19(13-18-6-3-11-29-18)23-20(25)15-7-9-17(10-8-15)24(27)28/h2-13H,1H3,(H,22,26)(H,23,25)/b19-13-. The van der Waals surface area contributed by atoms with Crippen LogP contribution in [0.25, 0.3) is 6.08 Å². The Morgan fingerprint density at radius 3 is 2.45 bits per heavy atom. The molecule has 0 aliphatic carbocycles. The number of carbonyl (C=O) groups is 2. The zero-order valence-corrected chi connectivity index (χ0v) is 15.4. The van der Waals surface area contributed by atoms with Crippen LogP contribution in [0.5, 0.6) is 0 Å². The number of furan rings is 1. The van der Waals surface area contributed by atoms with E-state index in [1.54, 1.807) is 30.3 Å². The highest BCUT2D eigenvalue weighted by Gasteiger charge is 2.16.